The fourth-order valence-corrected chi connectivity index (χ4v) is 5.54. The zero-order chi connectivity index (χ0) is 23.0. The first-order chi connectivity index (χ1) is 14.6. The van der Waals surface area contributed by atoms with Crippen molar-refractivity contribution in [1.82, 2.24) is 9.21 Å². The lowest BCUT2D eigenvalue weighted by Gasteiger charge is -2.32. The maximum absolute atomic E-state index is 13.1. The number of nitrogens with zero attached hydrogens (tertiary/aromatic N) is 2. The predicted octanol–water partition coefficient (Wildman–Crippen LogP) is 3.49. The van der Waals surface area contributed by atoms with Gasteiger partial charge in [0.25, 0.3) is 5.91 Å². The highest BCUT2D eigenvalue weighted by Crippen LogP contribution is 2.22. The van der Waals surface area contributed by atoms with E-state index in [4.69, 9.17) is 11.2 Å². The van der Waals surface area contributed by atoms with Crippen molar-refractivity contribution in [1.29, 1.82) is 0 Å². The van der Waals surface area contributed by atoms with Crippen molar-refractivity contribution in [2.24, 2.45) is 17.8 Å². The predicted molar refractivity (Wildman–Crippen MR) is 123 cm³/mol. The molecular formula is C24H36N2O4S. The van der Waals surface area contributed by atoms with Crippen LogP contribution >= 0.6 is 0 Å². The Balaban J connectivity index is 2.03. The molecule has 0 radical (unpaired) electrons. The van der Waals surface area contributed by atoms with Crippen molar-refractivity contribution in [2.45, 2.75) is 45.4 Å². The minimum atomic E-state index is -3.60. The number of terminal acetylenes is 1. The Hall–Kier alpha value is -1.88. The lowest BCUT2D eigenvalue weighted by atomic mass is 9.97. The molecule has 1 amide bonds. The standard InChI is InChI=1S/C24H36N2O4S/c1-6-15-30-18-21-11-13-25(14-12-21)24(27)22-7-9-23(10-8-22)31(28,29)26(16-19(2)3)17-20(4)5/h1,7-10,19-21H,11-18H2,2-5H3. The van der Waals surface area contributed by atoms with Crippen LogP contribution in [0.2, 0.25) is 0 Å². The second-order valence-electron chi connectivity index (χ2n) is 9.09. The first kappa shape index (κ1) is 25.4. The van der Waals surface area contributed by atoms with E-state index in [1.807, 2.05) is 32.6 Å². The molecule has 7 heteroatoms. The summed E-state index contributed by atoms with van der Waals surface area (Å²) < 4.78 is 33.2. The van der Waals surface area contributed by atoms with Gasteiger partial charge in [0, 0.05) is 31.7 Å². The van der Waals surface area contributed by atoms with Gasteiger partial charge in [0.15, 0.2) is 0 Å². The summed E-state index contributed by atoms with van der Waals surface area (Å²) in [7, 11) is -3.60. The van der Waals surface area contributed by atoms with Gasteiger partial charge >= 0.3 is 0 Å². The number of amides is 1. The van der Waals surface area contributed by atoms with Gasteiger partial charge in [-0.05, 0) is 54.9 Å². The van der Waals surface area contributed by atoms with Crippen molar-refractivity contribution in [3.8, 4) is 12.3 Å². The normalized spacial score (nSPS) is 15.6. The topological polar surface area (TPSA) is 66.9 Å². The number of carbonyl (C=O) groups is 1. The third kappa shape index (κ3) is 7.34. The molecule has 1 aromatic rings. The molecule has 172 valence electrons. The monoisotopic (exact) mass is 448 g/mol. The minimum absolute atomic E-state index is 0.0619. The molecule has 6 nitrogen and oxygen atoms in total. The fraction of sp³-hybridized carbons (Fsp3) is 0.625. The number of rotatable bonds is 10. The zero-order valence-corrected chi connectivity index (χ0v) is 20.0. The highest BCUT2D eigenvalue weighted by molar-refractivity contribution is 7.89. The smallest absolute Gasteiger partial charge is 0.253 e. The SMILES string of the molecule is C#CCOCC1CCN(C(=O)c2ccc(S(=O)(=O)N(CC(C)C)CC(C)C)cc2)CC1. The lowest BCUT2D eigenvalue weighted by Crippen LogP contribution is -2.39. The van der Waals surface area contributed by atoms with E-state index < -0.39 is 10.0 Å². The summed E-state index contributed by atoms with van der Waals surface area (Å²) in [5.74, 6) is 3.28. The summed E-state index contributed by atoms with van der Waals surface area (Å²) in [5.41, 5.74) is 0.514. The third-order valence-corrected chi connectivity index (χ3v) is 7.16. The number of sulfonamides is 1. The van der Waals surface area contributed by atoms with Crippen LogP contribution in [0.15, 0.2) is 29.2 Å². The van der Waals surface area contributed by atoms with Crippen molar-refractivity contribution < 1.29 is 17.9 Å². The largest absolute Gasteiger partial charge is 0.369 e. The number of likely N-dealkylation sites (tertiary alicyclic amines) is 1. The summed E-state index contributed by atoms with van der Waals surface area (Å²) in [6.07, 6.45) is 6.95. The van der Waals surface area contributed by atoms with Gasteiger partial charge in [-0.25, -0.2) is 8.42 Å². The quantitative estimate of drug-likeness (QED) is 0.406. The summed E-state index contributed by atoms with van der Waals surface area (Å²) in [4.78, 5) is 14.9. The van der Waals surface area contributed by atoms with Crippen LogP contribution in [-0.4, -0.2) is 62.9 Å². The van der Waals surface area contributed by atoms with Gasteiger partial charge < -0.3 is 9.64 Å². The number of ether oxygens (including phenoxy) is 1. The number of hydrogen-bond donors (Lipinski definition) is 0. The van der Waals surface area contributed by atoms with Gasteiger partial charge in [0.1, 0.15) is 6.61 Å². The summed E-state index contributed by atoms with van der Waals surface area (Å²) in [6.45, 7) is 11.3. The number of hydrogen-bond acceptors (Lipinski definition) is 4. The van der Waals surface area contributed by atoms with E-state index in [1.165, 1.54) is 0 Å². The van der Waals surface area contributed by atoms with Gasteiger partial charge in [-0.2, -0.15) is 4.31 Å². The molecule has 0 bridgehead atoms. The Morgan fingerprint density at radius 2 is 1.68 bits per heavy atom. The second kappa shape index (κ2) is 11.7. The molecule has 2 rings (SSSR count). The van der Waals surface area contributed by atoms with Crippen LogP contribution in [0.5, 0.6) is 0 Å². The van der Waals surface area contributed by atoms with Crippen LogP contribution < -0.4 is 0 Å². The van der Waals surface area contributed by atoms with Crippen LogP contribution in [0, 0.1) is 30.1 Å². The Kier molecular flexibility index (Phi) is 9.54. The molecule has 31 heavy (non-hydrogen) atoms. The highest BCUT2D eigenvalue weighted by atomic mass is 32.2. The molecule has 0 unspecified atom stereocenters. The maximum atomic E-state index is 13.1. The van der Waals surface area contributed by atoms with Crippen molar-refractivity contribution >= 4 is 15.9 Å². The van der Waals surface area contributed by atoms with Crippen LogP contribution in [0.1, 0.15) is 50.9 Å². The van der Waals surface area contributed by atoms with Gasteiger partial charge in [0.2, 0.25) is 10.0 Å². The number of benzene rings is 1. The molecular weight excluding hydrogens is 412 g/mol. The Bertz CT molecular complexity index is 839. The first-order valence-electron chi connectivity index (χ1n) is 11.1. The Labute approximate surface area is 188 Å². The number of piperidine rings is 1. The molecule has 0 aliphatic carbocycles. The highest BCUT2D eigenvalue weighted by Gasteiger charge is 2.27. The van der Waals surface area contributed by atoms with Gasteiger partial charge in [-0.15, -0.1) is 6.42 Å². The van der Waals surface area contributed by atoms with Gasteiger partial charge in [-0.1, -0.05) is 33.6 Å². The van der Waals surface area contributed by atoms with Crippen LogP contribution in [0.3, 0.4) is 0 Å². The average Bonchev–Trinajstić information content (AvgIpc) is 2.73. The average molecular weight is 449 g/mol. The molecule has 1 fully saturated rings. The summed E-state index contributed by atoms with van der Waals surface area (Å²) >= 11 is 0. The third-order valence-electron chi connectivity index (χ3n) is 5.32. The van der Waals surface area contributed by atoms with E-state index in [0.717, 1.165) is 12.8 Å². The Morgan fingerprint density at radius 1 is 1.13 bits per heavy atom. The zero-order valence-electron chi connectivity index (χ0n) is 19.2. The summed E-state index contributed by atoms with van der Waals surface area (Å²) in [5, 5.41) is 0. The molecule has 0 atom stereocenters. The van der Waals surface area contributed by atoms with Crippen molar-refractivity contribution in [3.05, 3.63) is 29.8 Å². The van der Waals surface area contributed by atoms with Crippen molar-refractivity contribution in [2.75, 3.05) is 39.4 Å². The van der Waals surface area contributed by atoms with E-state index in [9.17, 15) is 13.2 Å². The molecule has 1 aliphatic heterocycles. The molecule has 0 spiro atoms. The molecule has 1 heterocycles. The van der Waals surface area contributed by atoms with Gasteiger partial charge in [-0.3, -0.25) is 4.79 Å². The van der Waals surface area contributed by atoms with E-state index >= 15 is 0 Å². The molecule has 0 N–H and O–H groups in total. The van der Waals surface area contributed by atoms with E-state index in [1.54, 1.807) is 28.6 Å². The molecule has 1 aliphatic rings. The minimum Gasteiger partial charge on any atom is -0.369 e. The first-order valence-corrected chi connectivity index (χ1v) is 12.5. The van der Waals surface area contributed by atoms with E-state index in [2.05, 4.69) is 5.92 Å². The van der Waals surface area contributed by atoms with Crippen LogP contribution in [0.4, 0.5) is 0 Å². The fourth-order valence-electron chi connectivity index (χ4n) is 3.77. The van der Waals surface area contributed by atoms with Crippen molar-refractivity contribution in [3.63, 3.8) is 0 Å². The lowest BCUT2D eigenvalue weighted by molar-refractivity contribution is 0.0582. The van der Waals surface area contributed by atoms with Gasteiger partial charge in [0.05, 0.1) is 11.5 Å². The van der Waals surface area contributed by atoms with E-state index in [-0.39, 0.29) is 22.6 Å². The second-order valence-corrected chi connectivity index (χ2v) is 11.0. The molecule has 1 aromatic carbocycles. The molecule has 1 saturated heterocycles. The molecule has 0 saturated carbocycles. The van der Waals surface area contributed by atoms with Crippen LogP contribution in [-0.2, 0) is 14.8 Å². The summed E-state index contributed by atoms with van der Waals surface area (Å²) in [6, 6.07) is 6.35. The van der Waals surface area contributed by atoms with Crippen LogP contribution in [0.25, 0.3) is 0 Å². The maximum Gasteiger partial charge on any atom is 0.253 e. The number of carbonyl (C=O) groups excluding carboxylic acids is 1. The Morgan fingerprint density at radius 3 is 2.16 bits per heavy atom. The van der Waals surface area contributed by atoms with E-state index in [0.29, 0.717) is 50.9 Å². The molecule has 0 aromatic heterocycles.